The molecule has 0 aromatic heterocycles. The minimum Gasteiger partial charge on any atom is -0.496 e. The Morgan fingerprint density at radius 2 is 1.76 bits per heavy atom. The molecule has 0 radical (unpaired) electrons. The van der Waals surface area contributed by atoms with E-state index >= 15 is 0 Å². The number of rotatable bonds is 8. The molecule has 0 aliphatic carbocycles. The standard InChI is InChI=1S/C20H27NO4/c1-5-6-7-10-14(2)21-20(22)25-19-16-12-9-8-11-15(16)17(23-3)13-18(19)24-4/h8-9,11-14H,5-7,10H2,1-4H3,(H,21,22). The number of fused-ring (bicyclic) bond motifs is 1. The molecule has 136 valence electrons. The fourth-order valence-corrected chi connectivity index (χ4v) is 2.81. The van der Waals surface area contributed by atoms with Crippen LogP contribution in [-0.4, -0.2) is 26.4 Å². The van der Waals surface area contributed by atoms with E-state index in [0.717, 1.165) is 36.5 Å². The third kappa shape index (κ3) is 4.78. The lowest BCUT2D eigenvalue weighted by Gasteiger charge is -2.17. The van der Waals surface area contributed by atoms with Crippen LogP contribution < -0.4 is 19.5 Å². The molecule has 0 spiro atoms. The van der Waals surface area contributed by atoms with E-state index in [-0.39, 0.29) is 6.04 Å². The zero-order valence-corrected chi connectivity index (χ0v) is 15.4. The van der Waals surface area contributed by atoms with E-state index in [9.17, 15) is 4.79 Å². The van der Waals surface area contributed by atoms with Crippen molar-refractivity contribution in [1.82, 2.24) is 5.32 Å². The van der Waals surface area contributed by atoms with Gasteiger partial charge in [-0.05, 0) is 13.3 Å². The molecule has 0 bridgehead atoms. The highest BCUT2D eigenvalue weighted by atomic mass is 16.6. The van der Waals surface area contributed by atoms with E-state index in [1.54, 1.807) is 20.3 Å². The number of amides is 1. The second-order valence-corrected chi connectivity index (χ2v) is 6.09. The van der Waals surface area contributed by atoms with Gasteiger partial charge in [0.25, 0.3) is 0 Å². The largest absolute Gasteiger partial charge is 0.496 e. The highest BCUT2D eigenvalue weighted by molar-refractivity contribution is 5.97. The summed E-state index contributed by atoms with van der Waals surface area (Å²) in [6.45, 7) is 4.15. The Morgan fingerprint density at radius 3 is 2.40 bits per heavy atom. The number of methoxy groups -OCH3 is 2. The Balaban J connectivity index is 2.21. The molecular formula is C20H27NO4. The van der Waals surface area contributed by atoms with Crippen LogP contribution in [0.5, 0.6) is 17.2 Å². The zero-order chi connectivity index (χ0) is 18.2. The Bertz CT molecular complexity index is 714. The van der Waals surface area contributed by atoms with E-state index in [2.05, 4.69) is 12.2 Å². The summed E-state index contributed by atoms with van der Waals surface area (Å²) < 4.78 is 16.4. The van der Waals surface area contributed by atoms with Crippen molar-refractivity contribution < 1.29 is 19.0 Å². The summed E-state index contributed by atoms with van der Waals surface area (Å²) >= 11 is 0. The summed E-state index contributed by atoms with van der Waals surface area (Å²) in [4.78, 5) is 12.3. The third-order valence-electron chi connectivity index (χ3n) is 4.16. The van der Waals surface area contributed by atoms with Crippen LogP contribution in [0, 0.1) is 0 Å². The van der Waals surface area contributed by atoms with E-state index < -0.39 is 6.09 Å². The van der Waals surface area contributed by atoms with E-state index in [1.807, 2.05) is 31.2 Å². The molecule has 25 heavy (non-hydrogen) atoms. The van der Waals surface area contributed by atoms with Crippen molar-refractivity contribution in [3.8, 4) is 17.2 Å². The van der Waals surface area contributed by atoms with Gasteiger partial charge in [-0.3, -0.25) is 0 Å². The first kappa shape index (κ1) is 18.9. The molecule has 0 saturated carbocycles. The van der Waals surface area contributed by atoms with Crippen LogP contribution in [0.3, 0.4) is 0 Å². The Labute approximate surface area is 149 Å². The predicted octanol–water partition coefficient (Wildman–Crippen LogP) is 4.91. The molecular weight excluding hydrogens is 318 g/mol. The molecule has 2 aromatic carbocycles. The number of hydrogen-bond acceptors (Lipinski definition) is 4. The highest BCUT2D eigenvalue weighted by Crippen LogP contribution is 2.41. The fraction of sp³-hybridized carbons (Fsp3) is 0.450. The Hall–Kier alpha value is -2.43. The van der Waals surface area contributed by atoms with Gasteiger partial charge in [0.1, 0.15) is 5.75 Å². The average Bonchev–Trinajstić information content (AvgIpc) is 2.62. The molecule has 1 amide bonds. The Kier molecular flexibility index (Phi) is 6.92. The maximum absolute atomic E-state index is 12.3. The van der Waals surface area contributed by atoms with Crippen LogP contribution in [0.4, 0.5) is 4.79 Å². The van der Waals surface area contributed by atoms with Crippen LogP contribution in [-0.2, 0) is 0 Å². The lowest BCUT2D eigenvalue weighted by molar-refractivity contribution is 0.194. The molecule has 1 N–H and O–H groups in total. The number of hydrogen-bond donors (Lipinski definition) is 1. The minimum atomic E-state index is -0.474. The molecule has 1 unspecified atom stereocenters. The molecule has 5 nitrogen and oxygen atoms in total. The van der Waals surface area contributed by atoms with Crippen LogP contribution in [0.15, 0.2) is 30.3 Å². The van der Waals surface area contributed by atoms with Crippen LogP contribution in [0.2, 0.25) is 0 Å². The highest BCUT2D eigenvalue weighted by Gasteiger charge is 2.18. The van der Waals surface area contributed by atoms with Gasteiger partial charge in [-0.25, -0.2) is 4.79 Å². The van der Waals surface area contributed by atoms with Crippen molar-refractivity contribution >= 4 is 16.9 Å². The van der Waals surface area contributed by atoms with Gasteiger partial charge in [-0.1, -0.05) is 50.5 Å². The van der Waals surface area contributed by atoms with Gasteiger partial charge in [0, 0.05) is 22.9 Å². The first-order valence-electron chi connectivity index (χ1n) is 8.72. The average molecular weight is 345 g/mol. The lowest BCUT2D eigenvalue weighted by atomic mass is 10.1. The molecule has 5 heteroatoms. The number of benzene rings is 2. The first-order valence-corrected chi connectivity index (χ1v) is 8.72. The van der Waals surface area contributed by atoms with Gasteiger partial charge in [0.05, 0.1) is 14.2 Å². The van der Waals surface area contributed by atoms with Crippen LogP contribution in [0.1, 0.15) is 39.5 Å². The van der Waals surface area contributed by atoms with Crippen molar-refractivity contribution in [2.75, 3.05) is 14.2 Å². The van der Waals surface area contributed by atoms with Gasteiger partial charge >= 0.3 is 6.09 Å². The Morgan fingerprint density at radius 1 is 1.08 bits per heavy atom. The zero-order valence-electron chi connectivity index (χ0n) is 15.4. The number of nitrogens with one attached hydrogen (secondary N) is 1. The molecule has 0 aliphatic rings. The van der Waals surface area contributed by atoms with E-state index in [4.69, 9.17) is 14.2 Å². The third-order valence-corrected chi connectivity index (χ3v) is 4.16. The summed E-state index contributed by atoms with van der Waals surface area (Å²) in [5.74, 6) is 1.54. The van der Waals surface area contributed by atoms with Crippen molar-refractivity contribution in [2.45, 2.75) is 45.6 Å². The molecule has 1 atom stereocenters. The van der Waals surface area contributed by atoms with Crippen molar-refractivity contribution in [2.24, 2.45) is 0 Å². The monoisotopic (exact) mass is 345 g/mol. The smallest absolute Gasteiger partial charge is 0.412 e. The molecule has 0 aliphatic heterocycles. The molecule has 2 rings (SSSR count). The fourth-order valence-electron chi connectivity index (χ4n) is 2.81. The van der Waals surface area contributed by atoms with Crippen molar-refractivity contribution in [1.29, 1.82) is 0 Å². The van der Waals surface area contributed by atoms with E-state index in [0.29, 0.717) is 17.2 Å². The second-order valence-electron chi connectivity index (χ2n) is 6.09. The normalized spacial score (nSPS) is 11.8. The number of carbonyl (C=O) groups excluding carboxylic acids is 1. The predicted molar refractivity (Wildman–Crippen MR) is 99.8 cm³/mol. The molecule has 2 aromatic rings. The van der Waals surface area contributed by atoms with Gasteiger partial charge in [0.2, 0.25) is 0 Å². The lowest BCUT2D eigenvalue weighted by Crippen LogP contribution is -2.34. The molecule has 0 saturated heterocycles. The maximum Gasteiger partial charge on any atom is 0.412 e. The molecule has 0 fully saturated rings. The minimum absolute atomic E-state index is 0.0644. The number of ether oxygens (including phenoxy) is 3. The second kappa shape index (κ2) is 9.16. The summed E-state index contributed by atoms with van der Waals surface area (Å²) in [5, 5.41) is 4.52. The maximum atomic E-state index is 12.3. The van der Waals surface area contributed by atoms with Gasteiger partial charge in [-0.2, -0.15) is 0 Å². The summed E-state index contributed by atoms with van der Waals surface area (Å²) in [5.41, 5.74) is 0. The van der Waals surface area contributed by atoms with Crippen LogP contribution in [0.25, 0.3) is 10.8 Å². The summed E-state index contributed by atoms with van der Waals surface area (Å²) in [6.07, 6.45) is 3.87. The van der Waals surface area contributed by atoms with Gasteiger partial charge < -0.3 is 19.5 Å². The number of carbonyl (C=O) groups is 1. The SMILES string of the molecule is CCCCCC(C)NC(=O)Oc1c(OC)cc(OC)c2ccccc12. The summed E-state index contributed by atoms with van der Waals surface area (Å²) in [6, 6.07) is 9.40. The molecule has 0 heterocycles. The van der Waals surface area contributed by atoms with Crippen molar-refractivity contribution in [3.05, 3.63) is 30.3 Å². The van der Waals surface area contributed by atoms with E-state index in [1.165, 1.54) is 0 Å². The topological polar surface area (TPSA) is 56.8 Å². The van der Waals surface area contributed by atoms with Crippen LogP contribution >= 0.6 is 0 Å². The van der Waals surface area contributed by atoms with Gasteiger partial charge in [0.15, 0.2) is 11.5 Å². The quantitative estimate of drug-likeness (QED) is 0.690. The van der Waals surface area contributed by atoms with Crippen molar-refractivity contribution in [3.63, 3.8) is 0 Å². The first-order chi connectivity index (χ1) is 12.1. The number of unbranched alkanes of at least 4 members (excludes halogenated alkanes) is 2. The van der Waals surface area contributed by atoms with Gasteiger partial charge in [-0.15, -0.1) is 0 Å². The summed E-state index contributed by atoms with van der Waals surface area (Å²) in [7, 11) is 3.15.